The highest BCUT2D eigenvalue weighted by atomic mass is 32.2. The summed E-state index contributed by atoms with van der Waals surface area (Å²) in [5.41, 5.74) is 0. The molecule has 25 heavy (non-hydrogen) atoms. The van der Waals surface area contributed by atoms with Crippen molar-refractivity contribution in [2.45, 2.75) is 49.8 Å². The molecule has 1 aliphatic carbocycles. The van der Waals surface area contributed by atoms with Crippen molar-refractivity contribution in [2.75, 3.05) is 0 Å². The molecule has 1 fully saturated rings. The molecule has 9 heteroatoms. The third-order valence-corrected chi connectivity index (χ3v) is 5.54. The molecular formula is C16H23N3O5S. The molecule has 0 aliphatic heterocycles. The molecule has 1 aromatic carbocycles. The van der Waals surface area contributed by atoms with Crippen LogP contribution in [0.2, 0.25) is 0 Å². The maximum absolute atomic E-state index is 12.3. The van der Waals surface area contributed by atoms with Crippen LogP contribution in [0.4, 0.5) is 0 Å². The molecule has 1 aromatic rings. The Bertz CT molecular complexity index is 687. The molecule has 0 heterocycles. The fourth-order valence-electron chi connectivity index (χ4n) is 2.77. The van der Waals surface area contributed by atoms with Crippen LogP contribution in [0.25, 0.3) is 0 Å². The number of hydrazine groups is 1. The van der Waals surface area contributed by atoms with Crippen LogP contribution >= 0.6 is 0 Å². The molecule has 0 bridgehead atoms. The minimum Gasteiger partial charge on any atom is -0.426 e. The summed E-state index contributed by atoms with van der Waals surface area (Å²) in [6, 6.07) is 8.05. The number of benzene rings is 1. The molecule has 1 aliphatic rings. The molecule has 1 saturated carbocycles. The number of ether oxygens (including phenoxy) is 1. The monoisotopic (exact) mass is 369 g/mol. The summed E-state index contributed by atoms with van der Waals surface area (Å²) < 4.78 is 29.1. The summed E-state index contributed by atoms with van der Waals surface area (Å²) in [5.74, 6) is 3.65. The number of hydrogen-bond acceptors (Lipinski definition) is 6. The first-order valence-electron chi connectivity index (χ1n) is 8.19. The summed E-state index contributed by atoms with van der Waals surface area (Å²) in [6.45, 7) is 0. The Morgan fingerprint density at radius 1 is 1.16 bits per heavy atom. The Morgan fingerprint density at radius 3 is 2.40 bits per heavy atom. The number of carbonyl (C=O) groups excluding carboxylic acids is 2. The third-order valence-electron chi connectivity index (χ3n) is 4.10. The average Bonchev–Trinajstić information content (AvgIpc) is 2.61. The topological polar surface area (TPSA) is 128 Å². The van der Waals surface area contributed by atoms with Gasteiger partial charge in [-0.25, -0.2) is 8.42 Å². The van der Waals surface area contributed by atoms with E-state index in [0.29, 0.717) is 0 Å². The largest absolute Gasteiger partial charge is 0.426 e. The number of amides is 1. The van der Waals surface area contributed by atoms with Gasteiger partial charge in [0.1, 0.15) is 5.75 Å². The average molecular weight is 369 g/mol. The zero-order valence-corrected chi connectivity index (χ0v) is 14.6. The normalized spacial score (nSPS) is 16.8. The fraction of sp³-hybridized carbons (Fsp3) is 0.500. The van der Waals surface area contributed by atoms with E-state index in [1.165, 1.54) is 12.1 Å². The molecule has 1 atom stereocenters. The van der Waals surface area contributed by atoms with Crippen molar-refractivity contribution in [3.63, 3.8) is 0 Å². The van der Waals surface area contributed by atoms with Gasteiger partial charge in [-0.2, -0.15) is 4.83 Å². The van der Waals surface area contributed by atoms with Crippen LogP contribution in [-0.2, 0) is 19.6 Å². The number of esters is 1. The lowest BCUT2D eigenvalue weighted by atomic mass is 9.95. The van der Waals surface area contributed by atoms with Crippen LogP contribution in [0.1, 0.15) is 38.5 Å². The molecular weight excluding hydrogens is 346 g/mol. The Labute approximate surface area is 147 Å². The highest BCUT2D eigenvalue weighted by Gasteiger charge is 2.36. The van der Waals surface area contributed by atoms with Gasteiger partial charge in [0, 0.05) is 6.04 Å². The zero-order chi connectivity index (χ0) is 18.3. The molecule has 0 radical (unpaired) electrons. The Balaban J connectivity index is 2.04. The van der Waals surface area contributed by atoms with Crippen LogP contribution < -0.4 is 20.7 Å². The van der Waals surface area contributed by atoms with Crippen molar-refractivity contribution >= 4 is 21.9 Å². The molecule has 138 valence electrons. The molecule has 4 N–H and O–H groups in total. The van der Waals surface area contributed by atoms with Crippen molar-refractivity contribution in [3.05, 3.63) is 30.3 Å². The second-order valence-corrected chi connectivity index (χ2v) is 7.89. The maximum Gasteiger partial charge on any atom is 0.331 e. The van der Waals surface area contributed by atoms with Gasteiger partial charge >= 0.3 is 5.97 Å². The van der Waals surface area contributed by atoms with Gasteiger partial charge < -0.3 is 10.1 Å². The van der Waals surface area contributed by atoms with Gasteiger partial charge in [-0.15, -0.1) is 0 Å². The SMILES string of the molecule is NNS(=O)(=O)C(CC(=O)NC1CCCCC1)C(=O)Oc1ccccc1. The van der Waals surface area contributed by atoms with Crippen molar-refractivity contribution in [1.29, 1.82) is 0 Å². The molecule has 1 amide bonds. The lowest BCUT2D eigenvalue weighted by Gasteiger charge is -2.23. The third kappa shape index (κ3) is 5.80. The maximum atomic E-state index is 12.3. The van der Waals surface area contributed by atoms with E-state index in [1.807, 2.05) is 0 Å². The van der Waals surface area contributed by atoms with E-state index in [0.717, 1.165) is 32.1 Å². The molecule has 2 rings (SSSR count). The quantitative estimate of drug-likeness (QED) is 0.279. The molecule has 8 nitrogen and oxygen atoms in total. The second kappa shape index (κ2) is 8.93. The summed E-state index contributed by atoms with van der Waals surface area (Å²) in [7, 11) is -4.22. The summed E-state index contributed by atoms with van der Waals surface area (Å²) in [4.78, 5) is 26.1. The van der Waals surface area contributed by atoms with Gasteiger partial charge in [-0.05, 0) is 25.0 Å². The number of sulfonamides is 1. The first-order chi connectivity index (χ1) is 11.9. The van der Waals surface area contributed by atoms with E-state index in [1.54, 1.807) is 23.0 Å². The molecule has 0 spiro atoms. The first-order valence-corrected chi connectivity index (χ1v) is 9.74. The second-order valence-electron chi connectivity index (χ2n) is 5.99. The number of rotatable bonds is 7. The predicted molar refractivity (Wildman–Crippen MR) is 91.7 cm³/mol. The molecule has 0 aromatic heterocycles. The summed E-state index contributed by atoms with van der Waals surface area (Å²) >= 11 is 0. The smallest absolute Gasteiger partial charge is 0.331 e. The van der Waals surface area contributed by atoms with Crippen molar-refractivity contribution in [3.8, 4) is 5.75 Å². The molecule has 1 unspecified atom stereocenters. The number of nitrogens with two attached hydrogens (primary N) is 1. The Hall–Kier alpha value is -1.97. The van der Waals surface area contributed by atoms with Crippen LogP contribution in [-0.4, -0.2) is 31.6 Å². The van der Waals surface area contributed by atoms with Crippen molar-refractivity contribution < 1.29 is 22.7 Å². The van der Waals surface area contributed by atoms with Gasteiger partial charge in [0.15, 0.2) is 5.25 Å². The Morgan fingerprint density at radius 2 is 1.80 bits per heavy atom. The van der Waals surface area contributed by atoms with Gasteiger partial charge in [-0.3, -0.25) is 15.4 Å². The van der Waals surface area contributed by atoms with Gasteiger partial charge in [0.2, 0.25) is 15.9 Å². The standard InChI is InChI=1S/C16H23N3O5S/c17-19-25(22,23)14(16(21)24-13-9-5-2-6-10-13)11-15(20)18-12-7-3-1-4-8-12/h2,5-6,9-10,12,14,19H,1,3-4,7-8,11,17H2,(H,18,20). The first kappa shape index (κ1) is 19.4. The van der Waals surface area contributed by atoms with Crippen LogP contribution in [0.15, 0.2) is 30.3 Å². The van der Waals surface area contributed by atoms with Crippen LogP contribution in [0.5, 0.6) is 5.75 Å². The number of para-hydroxylation sites is 1. The summed E-state index contributed by atoms with van der Waals surface area (Å²) in [5, 5.41) is 1.06. The van der Waals surface area contributed by atoms with Crippen LogP contribution in [0, 0.1) is 0 Å². The molecule has 0 saturated heterocycles. The predicted octanol–water partition coefficient (Wildman–Crippen LogP) is 0.593. The Kier molecular flexibility index (Phi) is 6.91. The lowest BCUT2D eigenvalue weighted by molar-refractivity contribution is -0.136. The highest BCUT2D eigenvalue weighted by Crippen LogP contribution is 2.18. The van der Waals surface area contributed by atoms with Crippen molar-refractivity contribution in [2.24, 2.45) is 5.84 Å². The van der Waals surface area contributed by atoms with E-state index in [-0.39, 0.29) is 11.8 Å². The van der Waals surface area contributed by atoms with Gasteiger partial charge in [-0.1, -0.05) is 37.5 Å². The van der Waals surface area contributed by atoms with Crippen LogP contribution in [0.3, 0.4) is 0 Å². The lowest BCUT2D eigenvalue weighted by Crippen LogP contribution is -2.48. The van der Waals surface area contributed by atoms with E-state index in [4.69, 9.17) is 10.6 Å². The van der Waals surface area contributed by atoms with E-state index < -0.39 is 33.6 Å². The highest BCUT2D eigenvalue weighted by molar-refractivity contribution is 7.90. The minimum absolute atomic E-state index is 0.0144. The van der Waals surface area contributed by atoms with E-state index in [9.17, 15) is 18.0 Å². The van der Waals surface area contributed by atoms with E-state index >= 15 is 0 Å². The van der Waals surface area contributed by atoms with Gasteiger partial charge in [0.25, 0.3) is 0 Å². The minimum atomic E-state index is -4.22. The number of carbonyl (C=O) groups is 2. The summed E-state index contributed by atoms with van der Waals surface area (Å²) in [6.07, 6.45) is 4.33. The van der Waals surface area contributed by atoms with Gasteiger partial charge in [0.05, 0.1) is 6.42 Å². The number of nitrogens with one attached hydrogen (secondary N) is 2. The van der Waals surface area contributed by atoms with E-state index in [2.05, 4.69) is 5.32 Å². The fourth-order valence-corrected chi connectivity index (χ4v) is 3.61. The number of hydrogen-bond donors (Lipinski definition) is 3. The van der Waals surface area contributed by atoms with Crippen molar-refractivity contribution in [1.82, 2.24) is 10.1 Å². The zero-order valence-electron chi connectivity index (χ0n) is 13.8.